The Morgan fingerprint density at radius 2 is 1.89 bits per heavy atom. The zero-order chi connectivity index (χ0) is 13.0. The minimum atomic E-state index is -0.217. The normalized spacial score (nSPS) is 12.4. The molecule has 0 aliphatic carbocycles. The van der Waals surface area contributed by atoms with Crippen LogP contribution < -0.4 is 5.73 Å². The summed E-state index contributed by atoms with van der Waals surface area (Å²) in [4.78, 5) is 1.02. The quantitative estimate of drug-likeness (QED) is 0.844. The summed E-state index contributed by atoms with van der Waals surface area (Å²) in [5, 5.41) is 0.174. The highest BCUT2D eigenvalue weighted by atomic mass is 79.9. The van der Waals surface area contributed by atoms with Gasteiger partial charge >= 0.3 is 0 Å². The van der Waals surface area contributed by atoms with Crippen molar-refractivity contribution < 1.29 is 4.39 Å². The average molecular weight is 326 g/mol. The van der Waals surface area contributed by atoms with E-state index in [4.69, 9.17) is 5.73 Å². The molecule has 2 aromatic rings. The van der Waals surface area contributed by atoms with Gasteiger partial charge in [-0.3, -0.25) is 0 Å². The van der Waals surface area contributed by atoms with E-state index in [1.54, 1.807) is 23.9 Å². The van der Waals surface area contributed by atoms with Gasteiger partial charge in [0.15, 0.2) is 0 Å². The highest BCUT2D eigenvalue weighted by Crippen LogP contribution is 2.35. The number of hydrogen-bond acceptors (Lipinski definition) is 2. The van der Waals surface area contributed by atoms with Gasteiger partial charge in [0, 0.05) is 21.2 Å². The number of halogens is 2. The SMILES string of the molecule is NCC(Sc1ccc(F)cc1)c1cccc(Br)c1. The highest BCUT2D eigenvalue weighted by molar-refractivity contribution is 9.10. The van der Waals surface area contributed by atoms with E-state index < -0.39 is 0 Å². The molecule has 1 atom stereocenters. The van der Waals surface area contributed by atoms with E-state index in [0.29, 0.717) is 6.54 Å². The largest absolute Gasteiger partial charge is 0.329 e. The van der Waals surface area contributed by atoms with Crippen LogP contribution in [-0.4, -0.2) is 6.54 Å². The molecule has 18 heavy (non-hydrogen) atoms. The van der Waals surface area contributed by atoms with Crippen molar-refractivity contribution in [2.45, 2.75) is 10.1 Å². The third-order valence-electron chi connectivity index (χ3n) is 2.53. The van der Waals surface area contributed by atoms with E-state index >= 15 is 0 Å². The summed E-state index contributed by atoms with van der Waals surface area (Å²) < 4.78 is 13.9. The van der Waals surface area contributed by atoms with E-state index in [1.165, 1.54) is 17.7 Å². The van der Waals surface area contributed by atoms with Gasteiger partial charge in [0.25, 0.3) is 0 Å². The Bertz CT molecular complexity index is 515. The highest BCUT2D eigenvalue weighted by Gasteiger charge is 2.11. The number of thioether (sulfide) groups is 1. The molecule has 4 heteroatoms. The van der Waals surface area contributed by atoms with Crippen LogP contribution in [0.5, 0.6) is 0 Å². The Labute approximate surface area is 119 Å². The third-order valence-corrected chi connectivity index (χ3v) is 4.31. The maximum Gasteiger partial charge on any atom is 0.123 e. The fourth-order valence-electron chi connectivity index (χ4n) is 1.64. The lowest BCUT2D eigenvalue weighted by Crippen LogP contribution is -2.09. The number of benzene rings is 2. The Balaban J connectivity index is 2.17. The summed E-state index contributed by atoms with van der Waals surface area (Å²) in [7, 11) is 0. The lowest BCUT2D eigenvalue weighted by atomic mass is 10.1. The van der Waals surface area contributed by atoms with Gasteiger partial charge in [-0.25, -0.2) is 4.39 Å². The van der Waals surface area contributed by atoms with Crippen LogP contribution in [-0.2, 0) is 0 Å². The first-order chi connectivity index (χ1) is 8.69. The van der Waals surface area contributed by atoms with E-state index in [0.717, 1.165) is 9.37 Å². The summed E-state index contributed by atoms with van der Waals surface area (Å²) in [6.45, 7) is 0.540. The van der Waals surface area contributed by atoms with Gasteiger partial charge in [0.2, 0.25) is 0 Å². The van der Waals surface area contributed by atoms with Crippen LogP contribution in [0, 0.1) is 5.82 Å². The van der Waals surface area contributed by atoms with Gasteiger partial charge in [0.05, 0.1) is 0 Å². The maximum absolute atomic E-state index is 12.8. The molecule has 0 heterocycles. The first-order valence-electron chi connectivity index (χ1n) is 5.57. The van der Waals surface area contributed by atoms with Crippen molar-refractivity contribution in [3.63, 3.8) is 0 Å². The van der Waals surface area contributed by atoms with Crippen molar-refractivity contribution in [3.8, 4) is 0 Å². The molecule has 0 amide bonds. The predicted octanol–water partition coefficient (Wildman–Crippen LogP) is 4.38. The fraction of sp³-hybridized carbons (Fsp3) is 0.143. The van der Waals surface area contributed by atoms with Crippen LogP contribution >= 0.6 is 27.7 Å². The lowest BCUT2D eigenvalue weighted by molar-refractivity contribution is 0.626. The molecule has 0 saturated carbocycles. The number of hydrogen-bond donors (Lipinski definition) is 1. The standard InChI is InChI=1S/C14H13BrFNS/c15-11-3-1-2-10(8-11)14(9-17)18-13-6-4-12(16)5-7-13/h1-8,14H,9,17H2. The molecule has 1 unspecified atom stereocenters. The van der Waals surface area contributed by atoms with Crippen molar-refractivity contribution in [2.24, 2.45) is 5.73 Å². The zero-order valence-corrected chi connectivity index (χ0v) is 12.0. The summed E-state index contributed by atoms with van der Waals surface area (Å²) in [6, 6.07) is 14.6. The molecule has 0 saturated heterocycles. The second-order valence-electron chi connectivity index (χ2n) is 3.85. The molecule has 94 valence electrons. The van der Waals surface area contributed by atoms with Crippen LogP contribution in [0.4, 0.5) is 4.39 Å². The molecular formula is C14H13BrFNS. The summed E-state index contributed by atoms with van der Waals surface area (Å²) in [5.41, 5.74) is 6.99. The van der Waals surface area contributed by atoms with Gasteiger partial charge < -0.3 is 5.73 Å². The Morgan fingerprint density at radius 1 is 1.17 bits per heavy atom. The van der Waals surface area contributed by atoms with Crippen molar-refractivity contribution in [1.82, 2.24) is 0 Å². The van der Waals surface area contributed by atoms with E-state index in [-0.39, 0.29) is 11.1 Å². The maximum atomic E-state index is 12.8. The summed E-state index contributed by atoms with van der Waals surface area (Å²) >= 11 is 5.10. The van der Waals surface area contributed by atoms with E-state index in [1.807, 2.05) is 12.1 Å². The third kappa shape index (κ3) is 3.57. The fourth-order valence-corrected chi connectivity index (χ4v) is 3.05. The molecule has 0 fully saturated rings. The Hall–Kier alpha value is -0.840. The van der Waals surface area contributed by atoms with Crippen LogP contribution in [0.2, 0.25) is 0 Å². The second kappa shape index (κ2) is 6.36. The van der Waals surface area contributed by atoms with Crippen LogP contribution in [0.1, 0.15) is 10.8 Å². The van der Waals surface area contributed by atoms with Gasteiger partial charge in [-0.1, -0.05) is 28.1 Å². The van der Waals surface area contributed by atoms with Crippen molar-refractivity contribution in [2.75, 3.05) is 6.54 Å². The molecule has 2 aromatic carbocycles. The second-order valence-corrected chi connectivity index (χ2v) is 6.04. The van der Waals surface area contributed by atoms with Crippen molar-refractivity contribution >= 4 is 27.7 Å². The van der Waals surface area contributed by atoms with Crippen LogP contribution in [0.3, 0.4) is 0 Å². The number of rotatable bonds is 4. The minimum Gasteiger partial charge on any atom is -0.329 e. The Kier molecular flexibility index (Phi) is 4.80. The lowest BCUT2D eigenvalue weighted by Gasteiger charge is -2.15. The molecule has 2 rings (SSSR count). The molecule has 2 N–H and O–H groups in total. The van der Waals surface area contributed by atoms with Crippen LogP contribution in [0.15, 0.2) is 57.9 Å². The van der Waals surface area contributed by atoms with Crippen LogP contribution in [0.25, 0.3) is 0 Å². The zero-order valence-electron chi connectivity index (χ0n) is 9.64. The Morgan fingerprint density at radius 3 is 2.50 bits per heavy atom. The predicted molar refractivity (Wildman–Crippen MR) is 78.2 cm³/mol. The molecule has 0 aromatic heterocycles. The van der Waals surface area contributed by atoms with Gasteiger partial charge in [-0.2, -0.15) is 0 Å². The summed E-state index contributed by atoms with van der Waals surface area (Å²) in [5.74, 6) is -0.217. The molecule has 0 aliphatic heterocycles. The van der Waals surface area contributed by atoms with Crippen molar-refractivity contribution in [1.29, 1.82) is 0 Å². The van der Waals surface area contributed by atoms with E-state index in [9.17, 15) is 4.39 Å². The molecule has 0 bridgehead atoms. The first-order valence-corrected chi connectivity index (χ1v) is 7.24. The van der Waals surface area contributed by atoms with Gasteiger partial charge in [-0.15, -0.1) is 11.8 Å². The molecule has 0 aliphatic rings. The van der Waals surface area contributed by atoms with Crippen molar-refractivity contribution in [3.05, 3.63) is 64.4 Å². The average Bonchev–Trinajstić information content (AvgIpc) is 2.38. The number of nitrogens with two attached hydrogens (primary N) is 1. The van der Waals surface area contributed by atoms with Gasteiger partial charge in [-0.05, 0) is 42.0 Å². The van der Waals surface area contributed by atoms with E-state index in [2.05, 4.69) is 28.1 Å². The molecule has 0 spiro atoms. The monoisotopic (exact) mass is 325 g/mol. The summed E-state index contributed by atoms with van der Waals surface area (Å²) in [6.07, 6.45) is 0. The molecule has 0 radical (unpaired) electrons. The molecule has 1 nitrogen and oxygen atoms in total. The molecular weight excluding hydrogens is 313 g/mol. The topological polar surface area (TPSA) is 26.0 Å². The van der Waals surface area contributed by atoms with Gasteiger partial charge in [0.1, 0.15) is 5.82 Å². The minimum absolute atomic E-state index is 0.174. The smallest absolute Gasteiger partial charge is 0.123 e. The first kappa shape index (κ1) is 13.6.